The van der Waals surface area contributed by atoms with Gasteiger partial charge in [-0.25, -0.2) is 0 Å². The van der Waals surface area contributed by atoms with Gasteiger partial charge in [-0.1, -0.05) is 31.5 Å². The van der Waals surface area contributed by atoms with Crippen molar-refractivity contribution < 1.29 is 4.79 Å². The molecule has 3 nitrogen and oxygen atoms in total. The van der Waals surface area contributed by atoms with Crippen LogP contribution in [0.2, 0.25) is 0 Å². The van der Waals surface area contributed by atoms with Gasteiger partial charge >= 0.3 is 0 Å². The summed E-state index contributed by atoms with van der Waals surface area (Å²) in [6.07, 6.45) is 0.878. The van der Waals surface area contributed by atoms with Crippen LogP contribution in [0.5, 0.6) is 0 Å². The molecule has 0 bridgehead atoms. The Kier molecular flexibility index (Phi) is 5.46. The minimum Gasteiger partial charge on any atom is -0.338 e. The second-order valence-corrected chi connectivity index (χ2v) is 6.88. The second kappa shape index (κ2) is 6.37. The fourth-order valence-electron chi connectivity index (χ4n) is 3.22. The first-order valence-electron chi connectivity index (χ1n) is 7.35. The number of benzene rings is 1. The van der Waals surface area contributed by atoms with Gasteiger partial charge in [0.2, 0.25) is 0 Å². The van der Waals surface area contributed by atoms with E-state index < -0.39 is 0 Å². The average Bonchev–Trinajstić information content (AvgIpc) is 2.31. The largest absolute Gasteiger partial charge is 0.338 e. The topological polar surface area (TPSA) is 46.3 Å². The molecule has 0 saturated carbocycles. The van der Waals surface area contributed by atoms with E-state index in [2.05, 4.69) is 32.9 Å². The average molecular weight is 311 g/mol. The van der Waals surface area contributed by atoms with E-state index in [0.29, 0.717) is 0 Å². The minimum atomic E-state index is -0.0135. The number of carbonyl (C=O) groups is 1. The fraction of sp³-hybridized carbons (Fsp3) is 0.588. The highest BCUT2D eigenvalue weighted by Gasteiger charge is 2.36. The second-order valence-electron chi connectivity index (χ2n) is 6.88. The fourth-order valence-corrected chi connectivity index (χ4v) is 3.22. The molecule has 0 aromatic heterocycles. The van der Waals surface area contributed by atoms with Crippen molar-refractivity contribution >= 4 is 18.3 Å². The first kappa shape index (κ1) is 18.0. The van der Waals surface area contributed by atoms with E-state index in [-0.39, 0.29) is 29.8 Å². The summed E-state index contributed by atoms with van der Waals surface area (Å²) in [4.78, 5) is 14.8. The van der Waals surface area contributed by atoms with Gasteiger partial charge in [0.15, 0.2) is 0 Å². The minimum absolute atomic E-state index is 0. The Hall–Kier alpha value is -1.06. The summed E-state index contributed by atoms with van der Waals surface area (Å²) in [5.41, 5.74) is 10.3. The van der Waals surface area contributed by atoms with Crippen molar-refractivity contribution in [3.63, 3.8) is 0 Å². The molecule has 0 spiro atoms. The van der Waals surface area contributed by atoms with Crippen LogP contribution in [0.25, 0.3) is 0 Å². The number of rotatable bonds is 1. The van der Waals surface area contributed by atoms with E-state index in [9.17, 15) is 4.79 Å². The zero-order valence-corrected chi connectivity index (χ0v) is 14.5. The molecule has 0 radical (unpaired) electrons. The van der Waals surface area contributed by atoms with E-state index in [0.717, 1.165) is 36.2 Å². The van der Waals surface area contributed by atoms with Gasteiger partial charge in [-0.2, -0.15) is 0 Å². The summed E-state index contributed by atoms with van der Waals surface area (Å²) in [6.45, 7) is 11.9. The van der Waals surface area contributed by atoms with Crippen molar-refractivity contribution in [3.05, 3.63) is 34.4 Å². The smallest absolute Gasteiger partial charge is 0.254 e. The van der Waals surface area contributed by atoms with Gasteiger partial charge in [0.05, 0.1) is 0 Å². The number of aryl methyl sites for hydroxylation is 3. The monoisotopic (exact) mass is 310 g/mol. The molecular formula is C17H27ClN2O. The van der Waals surface area contributed by atoms with Crippen LogP contribution >= 0.6 is 12.4 Å². The number of likely N-dealkylation sites (tertiary alicyclic amines) is 1. The van der Waals surface area contributed by atoms with E-state index in [1.807, 2.05) is 18.7 Å². The standard InChI is InChI=1S/C17H26N2O.ClH/c1-11-8-12(2)15(13(3)9-11)16(20)19-7-6-14(18)17(4,5)10-19;/h8-9,14H,6-7,10,18H2,1-5H3;1H. The molecule has 1 aliphatic heterocycles. The number of carbonyl (C=O) groups excluding carboxylic acids is 1. The number of nitrogens with zero attached hydrogens (tertiary/aromatic N) is 1. The molecular weight excluding hydrogens is 284 g/mol. The lowest BCUT2D eigenvalue weighted by atomic mass is 9.79. The highest BCUT2D eigenvalue weighted by molar-refractivity contribution is 5.97. The number of piperidine rings is 1. The number of hydrogen-bond acceptors (Lipinski definition) is 2. The van der Waals surface area contributed by atoms with E-state index >= 15 is 0 Å². The van der Waals surface area contributed by atoms with Crippen LogP contribution in [0.1, 0.15) is 47.3 Å². The first-order valence-corrected chi connectivity index (χ1v) is 7.35. The molecule has 1 heterocycles. The lowest BCUT2D eigenvalue weighted by Crippen LogP contribution is -2.54. The third kappa shape index (κ3) is 3.58. The molecule has 1 amide bonds. The summed E-state index contributed by atoms with van der Waals surface area (Å²) in [5.74, 6) is 0.153. The molecule has 1 saturated heterocycles. The van der Waals surface area contributed by atoms with Gasteiger partial charge < -0.3 is 10.6 Å². The van der Waals surface area contributed by atoms with Crippen LogP contribution in [0, 0.1) is 26.2 Å². The maximum absolute atomic E-state index is 12.8. The van der Waals surface area contributed by atoms with Crippen molar-refractivity contribution in [3.8, 4) is 0 Å². The Labute approximate surface area is 134 Å². The molecule has 4 heteroatoms. The maximum atomic E-state index is 12.8. The molecule has 118 valence electrons. The maximum Gasteiger partial charge on any atom is 0.254 e. The number of hydrogen-bond donors (Lipinski definition) is 1. The lowest BCUT2D eigenvalue weighted by molar-refractivity contribution is 0.0531. The summed E-state index contributed by atoms with van der Waals surface area (Å²) >= 11 is 0. The molecule has 2 N–H and O–H groups in total. The van der Waals surface area contributed by atoms with E-state index in [4.69, 9.17) is 5.73 Å². The first-order chi connectivity index (χ1) is 9.22. The Bertz CT molecular complexity index is 517. The van der Waals surface area contributed by atoms with E-state index in [1.54, 1.807) is 0 Å². The van der Waals surface area contributed by atoms with Crippen molar-refractivity contribution in [2.45, 2.75) is 47.1 Å². The van der Waals surface area contributed by atoms with Crippen LogP contribution < -0.4 is 5.73 Å². The third-order valence-corrected chi connectivity index (χ3v) is 4.49. The normalized spacial score (nSPS) is 20.9. The van der Waals surface area contributed by atoms with Gasteiger partial charge in [0, 0.05) is 24.7 Å². The summed E-state index contributed by atoms with van der Waals surface area (Å²) in [7, 11) is 0. The van der Waals surface area contributed by atoms with Crippen LogP contribution in [-0.2, 0) is 0 Å². The molecule has 1 unspecified atom stereocenters. The van der Waals surface area contributed by atoms with Gasteiger partial charge in [-0.05, 0) is 43.7 Å². The Balaban J connectivity index is 0.00000220. The predicted molar refractivity (Wildman–Crippen MR) is 90.2 cm³/mol. The molecule has 1 aromatic carbocycles. The summed E-state index contributed by atoms with van der Waals surface area (Å²) < 4.78 is 0. The van der Waals surface area contributed by atoms with E-state index in [1.165, 1.54) is 5.56 Å². The SMILES string of the molecule is Cc1cc(C)c(C(=O)N2CCC(N)C(C)(C)C2)c(C)c1.Cl. The third-order valence-electron chi connectivity index (χ3n) is 4.49. The van der Waals surface area contributed by atoms with Gasteiger partial charge in [0.25, 0.3) is 5.91 Å². The van der Waals surface area contributed by atoms with Crippen LogP contribution in [0.4, 0.5) is 0 Å². The number of halogens is 1. The number of nitrogens with two attached hydrogens (primary N) is 1. The van der Waals surface area contributed by atoms with Gasteiger partial charge in [0.1, 0.15) is 0 Å². The molecule has 1 fully saturated rings. The molecule has 0 aliphatic carbocycles. The molecule has 2 rings (SSSR count). The zero-order chi connectivity index (χ0) is 15.1. The Morgan fingerprint density at radius 2 is 1.76 bits per heavy atom. The lowest BCUT2D eigenvalue weighted by Gasteiger charge is -2.42. The van der Waals surface area contributed by atoms with Crippen LogP contribution in [0.3, 0.4) is 0 Å². The Morgan fingerprint density at radius 3 is 2.24 bits per heavy atom. The summed E-state index contributed by atoms with van der Waals surface area (Å²) in [5, 5.41) is 0. The Morgan fingerprint density at radius 1 is 1.24 bits per heavy atom. The molecule has 1 aliphatic rings. The highest BCUT2D eigenvalue weighted by atomic mass is 35.5. The van der Waals surface area contributed by atoms with Crippen LogP contribution in [-0.4, -0.2) is 29.9 Å². The zero-order valence-electron chi connectivity index (χ0n) is 13.7. The quantitative estimate of drug-likeness (QED) is 0.865. The van der Waals surface area contributed by atoms with Crippen molar-refractivity contribution in [1.29, 1.82) is 0 Å². The van der Waals surface area contributed by atoms with Crippen LogP contribution in [0.15, 0.2) is 12.1 Å². The van der Waals surface area contributed by atoms with Crippen molar-refractivity contribution in [2.24, 2.45) is 11.1 Å². The number of amides is 1. The van der Waals surface area contributed by atoms with Crippen molar-refractivity contribution in [2.75, 3.05) is 13.1 Å². The predicted octanol–water partition coefficient (Wildman–Crippen LogP) is 3.23. The van der Waals surface area contributed by atoms with Gasteiger partial charge in [-0.15, -0.1) is 12.4 Å². The highest BCUT2D eigenvalue weighted by Crippen LogP contribution is 2.29. The van der Waals surface area contributed by atoms with Gasteiger partial charge in [-0.3, -0.25) is 4.79 Å². The molecule has 21 heavy (non-hydrogen) atoms. The summed E-state index contributed by atoms with van der Waals surface area (Å²) in [6, 6.07) is 4.34. The molecule has 1 atom stereocenters. The van der Waals surface area contributed by atoms with Crippen molar-refractivity contribution in [1.82, 2.24) is 4.90 Å². The molecule has 1 aromatic rings.